The van der Waals surface area contributed by atoms with Crippen LogP contribution in [0.4, 0.5) is 4.39 Å². The minimum Gasteiger partial charge on any atom is -0.506 e. The average Bonchev–Trinajstić information content (AvgIpc) is 3.10. The lowest BCUT2D eigenvalue weighted by atomic mass is 9.91. The van der Waals surface area contributed by atoms with Crippen LogP contribution in [0.1, 0.15) is 30.2 Å². The fraction of sp³-hybridized carbons (Fsp3) is 0.474. The summed E-state index contributed by atoms with van der Waals surface area (Å²) in [7, 11) is 0. The van der Waals surface area contributed by atoms with Gasteiger partial charge in [0.2, 0.25) is 5.95 Å². The standard InChI is InChI=1S/C19H22FN3O3/c20-18-15(2-1-5-21-18)19(26)6-12-9-23(10-13(12)7-19)11-17(25)16-4-3-14(24)8-22-16/h1-5,8,12-13,17,24-26H,6-7,9-11H2. The Balaban J connectivity index is 1.39. The summed E-state index contributed by atoms with van der Waals surface area (Å²) < 4.78 is 14.0. The Hall–Kier alpha value is -2.09. The van der Waals surface area contributed by atoms with Gasteiger partial charge in [0, 0.05) is 31.4 Å². The molecule has 3 atom stereocenters. The number of aromatic hydroxyl groups is 1. The van der Waals surface area contributed by atoms with E-state index in [1.54, 1.807) is 18.2 Å². The first-order valence-corrected chi connectivity index (χ1v) is 8.83. The molecule has 1 aliphatic carbocycles. The molecule has 26 heavy (non-hydrogen) atoms. The van der Waals surface area contributed by atoms with Gasteiger partial charge in [-0.2, -0.15) is 4.39 Å². The number of rotatable bonds is 4. The maximum Gasteiger partial charge on any atom is 0.218 e. The Labute approximate surface area is 151 Å². The highest BCUT2D eigenvalue weighted by Crippen LogP contribution is 2.49. The SMILES string of the molecule is Oc1ccc(C(O)CN2CC3CC(O)(c4cccnc4F)CC3C2)nc1. The molecule has 2 aromatic heterocycles. The molecule has 2 aliphatic rings. The van der Waals surface area contributed by atoms with Gasteiger partial charge in [-0.05, 0) is 42.9 Å². The van der Waals surface area contributed by atoms with Crippen LogP contribution >= 0.6 is 0 Å². The Morgan fingerprint density at radius 1 is 1.19 bits per heavy atom. The molecule has 0 radical (unpaired) electrons. The lowest BCUT2D eigenvalue weighted by Gasteiger charge is -2.27. The number of likely N-dealkylation sites (tertiary alicyclic amines) is 1. The van der Waals surface area contributed by atoms with Crippen LogP contribution in [-0.4, -0.2) is 49.8 Å². The quantitative estimate of drug-likeness (QED) is 0.719. The molecule has 4 rings (SSSR count). The van der Waals surface area contributed by atoms with E-state index in [1.165, 1.54) is 18.5 Å². The van der Waals surface area contributed by atoms with Crippen molar-refractivity contribution in [1.29, 1.82) is 0 Å². The second-order valence-corrected chi connectivity index (χ2v) is 7.48. The first kappa shape index (κ1) is 17.3. The van der Waals surface area contributed by atoms with Crippen LogP contribution in [0.25, 0.3) is 0 Å². The molecule has 2 fully saturated rings. The molecule has 3 unspecified atom stereocenters. The predicted molar refractivity (Wildman–Crippen MR) is 91.6 cm³/mol. The fourth-order valence-electron chi connectivity index (χ4n) is 4.48. The van der Waals surface area contributed by atoms with Crippen LogP contribution in [0.5, 0.6) is 5.75 Å². The van der Waals surface area contributed by atoms with E-state index in [1.807, 2.05) is 0 Å². The van der Waals surface area contributed by atoms with Crippen LogP contribution < -0.4 is 0 Å². The lowest BCUT2D eigenvalue weighted by Crippen LogP contribution is -2.31. The summed E-state index contributed by atoms with van der Waals surface area (Å²) in [6, 6.07) is 6.38. The molecule has 7 heteroatoms. The Kier molecular flexibility index (Phi) is 4.38. The molecule has 0 amide bonds. The number of nitrogens with zero attached hydrogens (tertiary/aromatic N) is 3. The zero-order chi connectivity index (χ0) is 18.3. The highest BCUT2D eigenvalue weighted by atomic mass is 19.1. The smallest absolute Gasteiger partial charge is 0.218 e. The summed E-state index contributed by atoms with van der Waals surface area (Å²) in [6.07, 6.45) is 2.98. The van der Waals surface area contributed by atoms with E-state index in [-0.39, 0.29) is 23.1 Å². The number of hydrogen-bond acceptors (Lipinski definition) is 6. The number of pyridine rings is 2. The summed E-state index contributed by atoms with van der Waals surface area (Å²) >= 11 is 0. The molecular formula is C19H22FN3O3. The van der Waals surface area contributed by atoms with Gasteiger partial charge in [0.05, 0.1) is 17.5 Å². The van der Waals surface area contributed by atoms with Crippen molar-refractivity contribution in [1.82, 2.24) is 14.9 Å². The third kappa shape index (κ3) is 3.18. The van der Waals surface area contributed by atoms with Crippen molar-refractivity contribution >= 4 is 0 Å². The largest absolute Gasteiger partial charge is 0.506 e. The first-order chi connectivity index (χ1) is 12.4. The number of β-amino-alcohol motifs (C(OH)–C–C–N with tert-alkyl or cyclic N) is 1. The third-order valence-electron chi connectivity index (χ3n) is 5.66. The predicted octanol–water partition coefficient (Wildman–Crippen LogP) is 1.58. The van der Waals surface area contributed by atoms with Crippen LogP contribution in [0.2, 0.25) is 0 Å². The summed E-state index contributed by atoms with van der Waals surface area (Å²) in [5, 5.41) is 30.6. The zero-order valence-corrected chi connectivity index (χ0v) is 14.3. The van der Waals surface area contributed by atoms with Crippen LogP contribution in [0, 0.1) is 17.8 Å². The van der Waals surface area contributed by atoms with Crippen molar-refractivity contribution in [2.24, 2.45) is 11.8 Å². The van der Waals surface area contributed by atoms with Gasteiger partial charge in [-0.3, -0.25) is 9.88 Å². The first-order valence-electron chi connectivity index (χ1n) is 8.83. The minimum absolute atomic E-state index is 0.0681. The molecule has 1 saturated heterocycles. The molecule has 2 aromatic rings. The van der Waals surface area contributed by atoms with E-state index in [4.69, 9.17) is 0 Å². The number of aromatic nitrogens is 2. The second-order valence-electron chi connectivity index (χ2n) is 7.48. The van der Waals surface area contributed by atoms with Gasteiger partial charge < -0.3 is 15.3 Å². The third-order valence-corrected chi connectivity index (χ3v) is 5.66. The van der Waals surface area contributed by atoms with Gasteiger partial charge in [0.15, 0.2) is 0 Å². The Morgan fingerprint density at radius 2 is 1.92 bits per heavy atom. The van der Waals surface area contributed by atoms with Crippen molar-refractivity contribution in [3.8, 4) is 5.75 Å². The Bertz CT molecular complexity index is 772. The van der Waals surface area contributed by atoms with Crippen molar-refractivity contribution in [2.75, 3.05) is 19.6 Å². The molecule has 0 spiro atoms. The molecule has 1 aliphatic heterocycles. The van der Waals surface area contributed by atoms with Crippen molar-refractivity contribution < 1.29 is 19.7 Å². The molecule has 3 N–H and O–H groups in total. The highest BCUT2D eigenvalue weighted by Gasteiger charge is 2.50. The van der Waals surface area contributed by atoms with Gasteiger partial charge in [-0.1, -0.05) is 6.07 Å². The van der Waals surface area contributed by atoms with Gasteiger partial charge in [0.1, 0.15) is 11.9 Å². The second kappa shape index (κ2) is 6.57. The zero-order valence-electron chi connectivity index (χ0n) is 14.3. The Morgan fingerprint density at radius 3 is 2.54 bits per heavy atom. The summed E-state index contributed by atoms with van der Waals surface area (Å²) in [5.41, 5.74) is -0.347. The van der Waals surface area contributed by atoms with E-state index < -0.39 is 17.7 Å². The van der Waals surface area contributed by atoms with Gasteiger partial charge in [0.25, 0.3) is 0 Å². The van der Waals surface area contributed by atoms with Crippen molar-refractivity contribution in [3.05, 3.63) is 53.9 Å². The van der Waals surface area contributed by atoms with Crippen LogP contribution in [0.15, 0.2) is 36.7 Å². The summed E-state index contributed by atoms with van der Waals surface area (Å²) in [6.45, 7) is 1.96. The normalized spacial score (nSPS) is 29.7. The topological polar surface area (TPSA) is 89.7 Å². The van der Waals surface area contributed by atoms with Gasteiger partial charge >= 0.3 is 0 Å². The molecular weight excluding hydrogens is 337 g/mol. The number of aliphatic hydroxyl groups excluding tert-OH is 1. The highest BCUT2D eigenvalue weighted by molar-refractivity contribution is 5.23. The molecule has 0 bridgehead atoms. The number of fused-ring (bicyclic) bond motifs is 1. The van der Waals surface area contributed by atoms with Crippen LogP contribution in [0.3, 0.4) is 0 Å². The van der Waals surface area contributed by atoms with Gasteiger partial charge in [-0.15, -0.1) is 0 Å². The monoisotopic (exact) mass is 359 g/mol. The van der Waals surface area contributed by atoms with E-state index in [9.17, 15) is 19.7 Å². The fourth-order valence-corrected chi connectivity index (χ4v) is 4.48. The molecule has 3 heterocycles. The van der Waals surface area contributed by atoms with E-state index in [0.29, 0.717) is 25.1 Å². The van der Waals surface area contributed by atoms with E-state index in [2.05, 4.69) is 14.9 Å². The summed E-state index contributed by atoms with van der Waals surface area (Å²) in [4.78, 5) is 9.87. The van der Waals surface area contributed by atoms with Crippen molar-refractivity contribution in [3.63, 3.8) is 0 Å². The molecule has 6 nitrogen and oxygen atoms in total. The molecule has 138 valence electrons. The van der Waals surface area contributed by atoms with Gasteiger partial charge in [-0.25, -0.2) is 4.98 Å². The van der Waals surface area contributed by atoms with Crippen molar-refractivity contribution in [2.45, 2.75) is 24.5 Å². The number of aliphatic hydroxyl groups is 2. The minimum atomic E-state index is -1.16. The maximum absolute atomic E-state index is 14.0. The average molecular weight is 359 g/mol. The van der Waals surface area contributed by atoms with E-state index >= 15 is 0 Å². The summed E-state index contributed by atoms with van der Waals surface area (Å²) in [5.74, 6) is -0.00148. The van der Waals surface area contributed by atoms with E-state index in [0.717, 1.165) is 13.1 Å². The lowest BCUT2D eigenvalue weighted by molar-refractivity contribution is 0.0247. The number of halogens is 1. The maximum atomic E-state index is 14.0. The molecule has 1 saturated carbocycles. The van der Waals surface area contributed by atoms with Crippen LogP contribution in [-0.2, 0) is 5.60 Å². The number of hydrogen-bond donors (Lipinski definition) is 3. The molecule has 0 aromatic carbocycles.